The highest BCUT2D eigenvalue weighted by atomic mass is 19.4. The van der Waals surface area contributed by atoms with Gasteiger partial charge in [-0.05, 0) is 41.7 Å². The van der Waals surface area contributed by atoms with Crippen molar-refractivity contribution in [1.29, 1.82) is 0 Å². The fraction of sp³-hybridized carbons (Fsp3) is 0.333. The molecule has 4 atom stereocenters. The lowest BCUT2D eigenvalue weighted by Gasteiger charge is -2.32. The number of carbonyl (C=O) groups excluding carboxylic acids is 4. The van der Waals surface area contributed by atoms with Crippen molar-refractivity contribution in [2.45, 2.75) is 62.4 Å². The van der Waals surface area contributed by atoms with Crippen LogP contribution in [0.3, 0.4) is 0 Å². The molecule has 2 heterocycles. The molecule has 0 saturated carbocycles. The van der Waals surface area contributed by atoms with Gasteiger partial charge in [-0.1, -0.05) is 72.8 Å². The first-order valence-corrected chi connectivity index (χ1v) is 14.5. The summed E-state index contributed by atoms with van der Waals surface area (Å²) in [6.07, 6.45) is -3.39. The number of halogens is 3. The van der Waals surface area contributed by atoms with Crippen LogP contribution in [0.15, 0.2) is 84.9 Å². The number of fused-ring (bicyclic) bond motifs is 1. The van der Waals surface area contributed by atoms with Crippen LogP contribution < -0.4 is 16.0 Å². The molecule has 2 aliphatic heterocycles. The largest absolute Gasteiger partial charge is 0.416 e. The molecule has 0 spiro atoms. The molecule has 2 saturated heterocycles. The van der Waals surface area contributed by atoms with E-state index in [1.807, 2.05) is 48.5 Å². The number of nitrogens with one attached hydrogen (secondary N) is 3. The van der Waals surface area contributed by atoms with E-state index in [1.165, 1.54) is 17.0 Å². The maximum Gasteiger partial charge on any atom is 0.416 e. The van der Waals surface area contributed by atoms with Gasteiger partial charge in [-0.3, -0.25) is 19.2 Å². The Hall–Kier alpha value is -4.67. The fourth-order valence-corrected chi connectivity index (χ4v) is 5.70. The van der Waals surface area contributed by atoms with Gasteiger partial charge < -0.3 is 20.9 Å². The average Bonchev–Trinajstić information content (AvgIpc) is 3.50. The molecule has 3 aromatic rings. The van der Waals surface area contributed by atoms with E-state index in [9.17, 15) is 32.3 Å². The minimum absolute atomic E-state index is 0.129. The summed E-state index contributed by atoms with van der Waals surface area (Å²) >= 11 is 0. The predicted octanol–water partition coefficient (Wildman–Crippen LogP) is 3.19. The Morgan fingerprint density at radius 1 is 0.614 bits per heavy atom. The molecule has 230 valence electrons. The van der Waals surface area contributed by atoms with E-state index in [1.54, 1.807) is 12.1 Å². The van der Waals surface area contributed by atoms with Gasteiger partial charge in [0.1, 0.15) is 24.2 Å². The normalized spacial score (nSPS) is 23.1. The number of carbonyl (C=O) groups is 4. The summed E-state index contributed by atoms with van der Waals surface area (Å²) < 4.78 is 39.5. The highest BCUT2D eigenvalue weighted by Gasteiger charge is 2.41. The maximum atomic E-state index is 13.9. The maximum absolute atomic E-state index is 13.9. The van der Waals surface area contributed by atoms with Crippen LogP contribution in [-0.4, -0.2) is 59.2 Å². The van der Waals surface area contributed by atoms with Gasteiger partial charge in [0.2, 0.25) is 23.6 Å². The molecule has 3 aromatic carbocycles. The van der Waals surface area contributed by atoms with Gasteiger partial charge in [0, 0.05) is 25.8 Å². The summed E-state index contributed by atoms with van der Waals surface area (Å²) in [6, 6.07) is 18.3. The van der Waals surface area contributed by atoms with Crippen LogP contribution in [0, 0.1) is 0 Å². The van der Waals surface area contributed by atoms with Crippen molar-refractivity contribution < 1.29 is 32.3 Å². The first kappa shape index (κ1) is 30.8. The third-order valence-electron chi connectivity index (χ3n) is 8.01. The van der Waals surface area contributed by atoms with E-state index in [2.05, 4.69) is 16.0 Å². The molecule has 0 aliphatic carbocycles. The number of hydrogen-bond donors (Lipinski definition) is 3. The van der Waals surface area contributed by atoms with Crippen molar-refractivity contribution in [3.05, 3.63) is 107 Å². The Labute approximate surface area is 253 Å². The van der Waals surface area contributed by atoms with Crippen LogP contribution in [0.25, 0.3) is 0 Å². The lowest BCUT2D eigenvalue weighted by Crippen LogP contribution is -2.62. The number of benzene rings is 3. The highest BCUT2D eigenvalue weighted by Crippen LogP contribution is 2.29. The first-order valence-electron chi connectivity index (χ1n) is 14.5. The van der Waals surface area contributed by atoms with E-state index < -0.39 is 59.5 Å². The van der Waals surface area contributed by atoms with Gasteiger partial charge in [-0.25, -0.2) is 0 Å². The summed E-state index contributed by atoms with van der Waals surface area (Å²) in [5.41, 5.74) is 1.09. The highest BCUT2D eigenvalue weighted by molar-refractivity contribution is 5.98. The van der Waals surface area contributed by atoms with Crippen LogP contribution in [-0.2, 0) is 44.6 Å². The SMILES string of the molecule is O=C1N[C@H](Cc2ccc(C(F)(F)F)cc2)C(=O)N[C@@H](Cc2ccccc2)C(=O)N2CCC[C@@H]2C(=O)N[C@H]1Cc1ccccc1. The predicted molar refractivity (Wildman–Crippen MR) is 156 cm³/mol. The molecule has 8 nitrogen and oxygen atoms in total. The smallest absolute Gasteiger partial charge is 0.342 e. The van der Waals surface area contributed by atoms with Gasteiger partial charge in [-0.15, -0.1) is 0 Å². The minimum Gasteiger partial charge on any atom is -0.342 e. The fourth-order valence-electron chi connectivity index (χ4n) is 5.70. The van der Waals surface area contributed by atoms with Crippen molar-refractivity contribution in [2.24, 2.45) is 0 Å². The Bertz CT molecular complexity index is 1480. The molecule has 11 heteroatoms. The summed E-state index contributed by atoms with van der Waals surface area (Å²) in [5, 5.41) is 8.32. The second kappa shape index (κ2) is 13.3. The van der Waals surface area contributed by atoms with E-state index in [4.69, 9.17) is 0 Å². The van der Waals surface area contributed by atoms with Crippen LogP contribution >= 0.6 is 0 Å². The van der Waals surface area contributed by atoms with Crippen molar-refractivity contribution >= 4 is 23.6 Å². The van der Waals surface area contributed by atoms with Crippen molar-refractivity contribution in [3.63, 3.8) is 0 Å². The number of rotatable bonds is 6. The summed E-state index contributed by atoms with van der Waals surface area (Å²) in [6.45, 7) is 0.322. The standard InChI is InChI=1S/C33H33F3N4O4/c34-33(35,36)24-15-13-23(14-16-24)19-25-30(42)39-27(20-22-10-5-2-6-11-22)32(44)40-17-7-12-28(40)31(43)38-26(29(41)37-25)18-21-8-3-1-4-9-21/h1-6,8-11,13-16,25-28H,7,12,17-20H2,(H,37,41)(H,38,43)(H,39,42)/t25-,26+,27+,28-/m1/s1. The van der Waals surface area contributed by atoms with Crippen LogP contribution in [0.4, 0.5) is 13.2 Å². The molecular formula is C33H33F3N4O4. The zero-order chi connectivity index (χ0) is 31.3. The molecular weight excluding hydrogens is 573 g/mol. The van der Waals surface area contributed by atoms with Gasteiger partial charge in [0.25, 0.3) is 0 Å². The Kier molecular flexibility index (Phi) is 9.32. The molecule has 44 heavy (non-hydrogen) atoms. The third kappa shape index (κ3) is 7.45. The van der Waals surface area contributed by atoms with Gasteiger partial charge >= 0.3 is 6.18 Å². The van der Waals surface area contributed by atoms with E-state index in [0.717, 1.165) is 23.3 Å². The zero-order valence-electron chi connectivity index (χ0n) is 23.8. The van der Waals surface area contributed by atoms with Crippen LogP contribution in [0.5, 0.6) is 0 Å². The average molecular weight is 607 g/mol. The number of nitrogens with zero attached hydrogens (tertiary/aromatic N) is 1. The zero-order valence-corrected chi connectivity index (χ0v) is 23.8. The van der Waals surface area contributed by atoms with Crippen molar-refractivity contribution in [2.75, 3.05) is 6.54 Å². The number of alkyl halides is 3. The monoisotopic (exact) mass is 606 g/mol. The molecule has 2 fully saturated rings. The summed E-state index contributed by atoms with van der Waals surface area (Å²) in [7, 11) is 0. The van der Waals surface area contributed by atoms with Crippen LogP contribution in [0.2, 0.25) is 0 Å². The lowest BCUT2D eigenvalue weighted by molar-refractivity contribution is -0.143. The third-order valence-corrected chi connectivity index (χ3v) is 8.01. The molecule has 3 N–H and O–H groups in total. The van der Waals surface area contributed by atoms with Crippen molar-refractivity contribution in [3.8, 4) is 0 Å². The molecule has 0 bridgehead atoms. The van der Waals surface area contributed by atoms with Crippen molar-refractivity contribution in [1.82, 2.24) is 20.9 Å². The molecule has 5 rings (SSSR count). The minimum atomic E-state index is -4.53. The first-order chi connectivity index (χ1) is 21.1. The second-order valence-corrected chi connectivity index (χ2v) is 11.2. The van der Waals surface area contributed by atoms with Crippen LogP contribution in [0.1, 0.15) is 35.1 Å². The molecule has 0 aromatic heterocycles. The Morgan fingerprint density at radius 2 is 1.07 bits per heavy atom. The molecule has 0 radical (unpaired) electrons. The van der Waals surface area contributed by atoms with Gasteiger partial charge in [0.15, 0.2) is 0 Å². The number of amides is 4. The number of hydrogen-bond acceptors (Lipinski definition) is 4. The van der Waals surface area contributed by atoms with E-state index in [0.29, 0.717) is 24.9 Å². The topological polar surface area (TPSA) is 108 Å². The van der Waals surface area contributed by atoms with E-state index >= 15 is 0 Å². The van der Waals surface area contributed by atoms with Gasteiger partial charge in [-0.2, -0.15) is 13.2 Å². The summed E-state index contributed by atoms with van der Waals surface area (Å²) in [5.74, 6) is -2.16. The van der Waals surface area contributed by atoms with E-state index in [-0.39, 0.29) is 19.3 Å². The Morgan fingerprint density at radius 3 is 1.59 bits per heavy atom. The Balaban J connectivity index is 1.48. The molecule has 4 amide bonds. The summed E-state index contributed by atoms with van der Waals surface area (Å²) in [4.78, 5) is 56.4. The quantitative estimate of drug-likeness (QED) is 0.401. The second-order valence-electron chi connectivity index (χ2n) is 11.2. The molecule has 2 aliphatic rings. The molecule has 0 unspecified atom stereocenters. The van der Waals surface area contributed by atoms with Gasteiger partial charge in [0.05, 0.1) is 5.56 Å². The lowest BCUT2D eigenvalue weighted by atomic mass is 9.99.